The van der Waals surface area contributed by atoms with E-state index in [2.05, 4.69) is 26.3 Å². The molecule has 0 fully saturated rings. The van der Waals surface area contributed by atoms with Crippen molar-refractivity contribution in [3.05, 3.63) is 30.1 Å². The van der Waals surface area contributed by atoms with Crippen LogP contribution < -0.4 is 21.3 Å². The van der Waals surface area contributed by atoms with Gasteiger partial charge in [0.25, 0.3) is 0 Å². The van der Waals surface area contributed by atoms with Gasteiger partial charge in [-0.2, -0.15) is 0 Å². The lowest BCUT2D eigenvalue weighted by atomic mass is 10.1. The first-order valence-electron chi connectivity index (χ1n) is 15.4. The summed E-state index contributed by atoms with van der Waals surface area (Å²) in [6, 6.07) is 7.45. The van der Waals surface area contributed by atoms with Gasteiger partial charge in [0.2, 0.25) is 23.6 Å². The van der Waals surface area contributed by atoms with E-state index >= 15 is 0 Å². The van der Waals surface area contributed by atoms with Gasteiger partial charge in [-0.3, -0.25) is 19.2 Å². The minimum Gasteiger partial charge on any atom is -0.389 e. The van der Waals surface area contributed by atoms with Crippen LogP contribution >= 0.6 is 0 Å². The van der Waals surface area contributed by atoms with Gasteiger partial charge in [-0.25, -0.2) is 9.97 Å². The average molecular weight is 660 g/mol. The maximum atomic E-state index is 12.8. The van der Waals surface area contributed by atoms with Crippen LogP contribution in [0.25, 0.3) is 21.9 Å². The predicted octanol–water partition coefficient (Wildman–Crippen LogP) is 0.249. The van der Waals surface area contributed by atoms with Gasteiger partial charge in [0.1, 0.15) is 31.2 Å². The van der Waals surface area contributed by atoms with Crippen molar-refractivity contribution in [2.24, 2.45) is 0 Å². The van der Waals surface area contributed by atoms with Gasteiger partial charge < -0.3 is 49.9 Å². The van der Waals surface area contributed by atoms with Gasteiger partial charge in [0.05, 0.1) is 56.2 Å². The van der Waals surface area contributed by atoms with Crippen LogP contribution in [0.2, 0.25) is 0 Å². The molecule has 3 aromatic rings. The summed E-state index contributed by atoms with van der Waals surface area (Å²) in [5, 5.41) is 21.8. The van der Waals surface area contributed by atoms with Gasteiger partial charge in [-0.15, -0.1) is 0 Å². The van der Waals surface area contributed by atoms with Crippen LogP contribution in [0, 0.1) is 0 Å². The van der Waals surface area contributed by atoms with E-state index in [9.17, 15) is 24.3 Å². The Kier molecular flexibility index (Phi) is 14.9. The lowest BCUT2D eigenvalue weighted by Crippen LogP contribution is -2.35. The van der Waals surface area contributed by atoms with Crippen LogP contribution in [0.3, 0.4) is 0 Å². The van der Waals surface area contributed by atoms with Gasteiger partial charge in [0, 0.05) is 32.0 Å². The Bertz CT molecular complexity index is 1500. The number of ether oxygens (including phenoxy) is 4. The molecule has 2 heterocycles. The monoisotopic (exact) mass is 659 g/mol. The first-order valence-corrected chi connectivity index (χ1v) is 15.4. The van der Waals surface area contributed by atoms with Crippen LogP contribution in [0.15, 0.2) is 24.3 Å². The van der Waals surface area contributed by atoms with Crippen molar-refractivity contribution >= 4 is 51.4 Å². The lowest BCUT2D eigenvalue weighted by molar-refractivity contribution is -0.128. The second-order valence-corrected chi connectivity index (χ2v) is 11.1. The van der Waals surface area contributed by atoms with E-state index in [0.717, 1.165) is 5.39 Å². The summed E-state index contributed by atoms with van der Waals surface area (Å²) >= 11 is 0. The molecule has 16 nitrogen and oxygen atoms in total. The van der Waals surface area contributed by atoms with Crippen molar-refractivity contribution in [2.45, 2.75) is 45.9 Å². The summed E-state index contributed by atoms with van der Waals surface area (Å²) < 4.78 is 23.4. The van der Waals surface area contributed by atoms with E-state index in [4.69, 9.17) is 23.9 Å². The third-order valence-corrected chi connectivity index (χ3v) is 6.51. The summed E-state index contributed by atoms with van der Waals surface area (Å²) in [5.74, 6) is -0.682. The first kappa shape index (κ1) is 37.2. The number of nitrogens with one attached hydrogen (secondary N) is 4. The number of hydrogen-bond donors (Lipinski definition) is 5. The molecule has 5 N–H and O–H groups in total. The molecule has 47 heavy (non-hydrogen) atoms. The number of hydrogen-bond acceptors (Lipinski definition) is 11. The molecule has 0 bridgehead atoms. The van der Waals surface area contributed by atoms with Gasteiger partial charge in [0.15, 0.2) is 5.82 Å². The quantitative estimate of drug-likeness (QED) is 0.0981. The van der Waals surface area contributed by atoms with E-state index in [1.807, 2.05) is 35.8 Å². The molecule has 0 unspecified atom stereocenters. The summed E-state index contributed by atoms with van der Waals surface area (Å²) in [4.78, 5) is 57.2. The van der Waals surface area contributed by atoms with Crippen LogP contribution in [-0.2, 0) is 51.3 Å². The number of imidazole rings is 1. The standard InChI is InChI=1S/C31H45N7O9/c1-5-44-17-23-36-28-29(38(23)20-31(2,3)43)21-8-6-7-9-22(21)35-30(28)37-25(40)16-34-27(42)19-47-15-13-45-12-14-46-18-26(41)33-11-10-24(39)32-4/h6-9,43H,5,10-20H2,1-4H3,(H,32,39)(H,33,41)(H,34,42)(H,35,37,40). The number of aliphatic hydroxyl groups is 1. The maximum absolute atomic E-state index is 12.8. The smallest absolute Gasteiger partial charge is 0.246 e. The number of nitrogens with zero attached hydrogens (tertiary/aromatic N) is 3. The van der Waals surface area contributed by atoms with Crippen molar-refractivity contribution in [3.8, 4) is 0 Å². The first-order chi connectivity index (χ1) is 22.5. The zero-order chi connectivity index (χ0) is 34.2. The lowest BCUT2D eigenvalue weighted by Gasteiger charge is -2.20. The van der Waals surface area contributed by atoms with Gasteiger partial charge >= 0.3 is 0 Å². The number of carbonyl (C=O) groups excluding carboxylic acids is 4. The summed E-state index contributed by atoms with van der Waals surface area (Å²) in [5.41, 5.74) is 0.721. The Morgan fingerprint density at radius 1 is 0.872 bits per heavy atom. The maximum Gasteiger partial charge on any atom is 0.246 e. The largest absolute Gasteiger partial charge is 0.389 e. The van der Waals surface area contributed by atoms with E-state index in [0.29, 0.717) is 29.0 Å². The van der Waals surface area contributed by atoms with Crippen molar-refractivity contribution in [3.63, 3.8) is 0 Å². The Morgan fingerprint density at radius 3 is 2.19 bits per heavy atom. The average Bonchev–Trinajstić information content (AvgIpc) is 3.38. The molecule has 3 rings (SSSR count). The Hall–Kier alpha value is -4.22. The summed E-state index contributed by atoms with van der Waals surface area (Å²) in [7, 11) is 1.52. The van der Waals surface area contributed by atoms with Crippen LogP contribution in [0.4, 0.5) is 5.82 Å². The number of rotatable bonds is 21. The molecule has 0 aliphatic carbocycles. The number of para-hydroxylation sites is 1. The molecule has 1 aromatic carbocycles. The fraction of sp³-hybridized carbons (Fsp3) is 0.548. The van der Waals surface area contributed by atoms with E-state index in [1.165, 1.54) is 7.05 Å². The molecular weight excluding hydrogens is 614 g/mol. The van der Waals surface area contributed by atoms with E-state index < -0.39 is 17.4 Å². The molecular formula is C31H45N7O9. The van der Waals surface area contributed by atoms with Gasteiger partial charge in [-0.1, -0.05) is 18.2 Å². The fourth-order valence-electron chi connectivity index (χ4n) is 4.40. The second kappa shape index (κ2) is 18.8. The van der Waals surface area contributed by atoms with Crippen molar-refractivity contribution in [1.29, 1.82) is 0 Å². The van der Waals surface area contributed by atoms with Crippen LogP contribution in [0.5, 0.6) is 0 Å². The summed E-state index contributed by atoms with van der Waals surface area (Å²) in [6.07, 6.45) is 0.192. The fourth-order valence-corrected chi connectivity index (χ4v) is 4.40. The molecule has 0 atom stereocenters. The summed E-state index contributed by atoms with van der Waals surface area (Å²) in [6.45, 7) is 6.44. The number of carbonyl (C=O) groups is 4. The van der Waals surface area contributed by atoms with Crippen molar-refractivity contribution < 1.29 is 43.2 Å². The Morgan fingerprint density at radius 2 is 1.53 bits per heavy atom. The second-order valence-electron chi connectivity index (χ2n) is 11.1. The van der Waals surface area contributed by atoms with Gasteiger partial charge in [-0.05, 0) is 26.8 Å². The SMILES string of the molecule is CCOCc1nc2c(NC(=O)CNC(=O)COCCOCCOCC(=O)NCCC(=O)NC)nc3ccccc3c2n1CC(C)(C)O. The minimum absolute atomic E-state index is 0.135. The highest BCUT2D eigenvalue weighted by atomic mass is 16.5. The Balaban J connectivity index is 1.43. The zero-order valence-electron chi connectivity index (χ0n) is 27.3. The molecule has 16 heteroatoms. The predicted molar refractivity (Wildman–Crippen MR) is 172 cm³/mol. The van der Waals surface area contributed by atoms with Crippen LogP contribution in [0.1, 0.15) is 33.0 Å². The minimum atomic E-state index is -1.05. The molecule has 0 spiro atoms. The highest BCUT2D eigenvalue weighted by Crippen LogP contribution is 2.31. The third kappa shape index (κ3) is 12.5. The Labute approximate surface area is 272 Å². The highest BCUT2D eigenvalue weighted by Gasteiger charge is 2.24. The molecule has 0 aliphatic heterocycles. The molecule has 258 valence electrons. The molecule has 2 aromatic heterocycles. The molecule has 0 aliphatic rings. The molecule has 0 saturated carbocycles. The molecule has 0 radical (unpaired) electrons. The number of pyridine rings is 1. The highest BCUT2D eigenvalue weighted by molar-refractivity contribution is 6.10. The molecule has 0 saturated heterocycles. The van der Waals surface area contributed by atoms with E-state index in [1.54, 1.807) is 13.8 Å². The van der Waals surface area contributed by atoms with Crippen molar-refractivity contribution in [1.82, 2.24) is 30.5 Å². The normalized spacial score (nSPS) is 11.5. The van der Waals surface area contributed by atoms with Crippen molar-refractivity contribution in [2.75, 3.05) is 71.7 Å². The zero-order valence-corrected chi connectivity index (χ0v) is 27.3. The van der Waals surface area contributed by atoms with E-state index in [-0.39, 0.29) is 89.9 Å². The number of fused-ring (bicyclic) bond motifs is 3. The number of anilines is 1. The number of benzene rings is 1. The number of amides is 4. The molecule has 4 amide bonds. The number of aromatic nitrogens is 3. The third-order valence-electron chi connectivity index (χ3n) is 6.51. The van der Waals surface area contributed by atoms with Crippen LogP contribution in [-0.4, -0.2) is 115 Å². The topological polar surface area (TPSA) is 204 Å².